The summed E-state index contributed by atoms with van der Waals surface area (Å²) in [5.74, 6) is 0.761. The molecule has 0 saturated carbocycles. The molecule has 2 rings (SSSR count). The van der Waals surface area contributed by atoms with Crippen LogP contribution in [0.1, 0.15) is 0 Å². The average molecular weight is 332 g/mol. The van der Waals surface area contributed by atoms with Crippen LogP contribution in [-0.2, 0) is 0 Å². The lowest BCUT2D eigenvalue weighted by Crippen LogP contribution is -1.89. The summed E-state index contributed by atoms with van der Waals surface area (Å²) in [6.45, 7) is 0. The first-order valence-corrected chi connectivity index (χ1v) is 6.46. The van der Waals surface area contributed by atoms with E-state index in [1.807, 2.05) is 30.3 Å². The van der Waals surface area contributed by atoms with Gasteiger partial charge in [-0.1, -0.05) is 35.3 Å². The molecule has 0 aliphatic heterocycles. The molecule has 2 aromatic rings. The van der Waals surface area contributed by atoms with Crippen molar-refractivity contribution in [1.29, 1.82) is 0 Å². The fourth-order valence-electron chi connectivity index (χ4n) is 1.60. The van der Waals surface area contributed by atoms with E-state index in [0.717, 1.165) is 21.3 Å². The standard InChI is InChI=1S/C13H9BrCl2O/c1-17-12-6-5-8(15)7-10(12)9-3-2-4-11(16)13(9)14/h2-7H,1H3. The molecule has 0 bridgehead atoms. The van der Waals surface area contributed by atoms with Crippen LogP contribution in [-0.4, -0.2) is 7.11 Å². The second-order valence-corrected chi connectivity index (χ2v) is 5.08. The van der Waals surface area contributed by atoms with E-state index >= 15 is 0 Å². The van der Waals surface area contributed by atoms with E-state index in [4.69, 9.17) is 27.9 Å². The Morgan fingerprint density at radius 2 is 1.82 bits per heavy atom. The molecule has 0 saturated heterocycles. The third-order valence-corrected chi connectivity index (χ3v) is 4.04. The molecular weight excluding hydrogens is 323 g/mol. The molecule has 0 amide bonds. The molecule has 0 aliphatic rings. The number of hydrogen-bond acceptors (Lipinski definition) is 1. The van der Waals surface area contributed by atoms with Gasteiger partial charge in [-0.3, -0.25) is 0 Å². The number of benzene rings is 2. The van der Waals surface area contributed by atoms with Gasteiger partial charge >= 0.3 is 0 Å². The van der Waals surface area contributed by atoms with Gasteiger partial charge in [0.15, 0.2) is 0 Å². The molecular formula is C13H9BrCl2O. The third kappa shape index (κ3) is 2.59. The number of ether oxygens (including phenoxy) is 1. The zero-order chi connectivity index (χ0) is 12.4. The summed E-state index contributed by atoms with van der Waals surface area (Å²) in [7, 11) is 1.63. The zero-order valence-electron chi connectivity index (χ0n) is 9.01. The van der Waals surface area contributed by atoms with Crippen LogP contribution in [0.4, 0.5) is 0 Å². The Morgan fingerprint density at radius 3 is 2.53 bits per heavy atom. The molecule has 4 heteroatoms. The summed E-state index contributed by atoms with van der Waals surface area (Å²) in [6.07, 6.45) is 0. The van der Waals surface area contributed by atoms with Crippen molar-refractivity contribution in [2.45, 2.75) is 0 Å². The topological polar surface area (TPSA) is 9.23 Å². The first-order chi connectivity index (χ1) is 8.13. The Hall–Kier alpha value is -0.700. The molecule has 0 heterocycles. The van der Waals surface area contributed by atoms with Crippen molar-refractivity contribution in [2.24, 2.45) is 0 Å². The van der Waals surface area contributed by atoms with Gasteiger partial charge in [0, 0.05) is 20.6 Å². The molecule has 0 fully saturated rings. The van der Waals surface area contributed by atoms with Gasteiger partial charge in [-0.15, -0.1) is 0 Å². The Balaban J connectivity index is 2.67. The largest absolute Gasteiger partial charge is 0.496 e. The number of methoxy groups -OCH3 is 1. The van der Waals surface area contributed by atoms with E-state index in [0.29, 0.717) is 10.0 Å². The Labute approximate surface area is 118 Å². The van der Waals surface area contributed by atoms with E-state index in [1.54, 1.807) is 13.2 Å². The fraction of sp³-hybridized carbons (Fsp3) is 0.0769. The summed E-state index contributed by atoms with van der Waals surface area (Å²) in [5.41, 5.74) is 1.87. The first kappa shape index (κ1) is 12.7. The highest BCUT2D eigenvalue weighted by Crippen LogP contribution is 2.39. The zero-order valence-corrected chi connectivity index (χ0v) is 12.1. The maximum Gasteiger partial charge on any atom is 0.126 e. The van der Waals surface area contributed by atoms with Crippen molar-refractivity contribution in [3.63, 3.8) is 0 Å². The van der Waals surface area contributed by atoms with Gasteiger partial charge < -0.3 is 4.74 Å². The number of rotatable bonds is 2. The highest BCUT2D eigenvalue weighted by atomic mass is 79.9. The van der Waals surface area contributed by atoms with Crippen LogP contribution in [0.25, 0.3) is 11.1 Å². The van der Waals surface area contributed by atoms with E-state index < -0.39 is 0 Å². The molecule has 2 aromatic carbocycles. The highest BCUT2D eigenvalue weighted by molar-refractivity contribution is 9.10. The molecule has 17 heavy (non-hydrogen) atoms. The van der Waals surface area contributed by atoms with Crippen molar-refractivity contribution in [2.75, 3.05) is 7.11 Å². The van der Waals surface area contributed by atoms with Crippen molar-refractivity contribution in [3.05, 3.63) is 50.9 Å². The van der Waals surface area contributed by atoms with Crippen LogP contribution in [0, 0.1) is 0 Å². The van der Waals surface area contributed by atoms with E-state index in [2.05, 4.69) is 15.9 Å². The summed E-state index contributed by atoms with van der Waals surface area (Å²) in [6, 6.07) is 11.2. The normalized spacial score (nSPS) is 10.4. The minimum absolute atomic E-state index is 0.657. The second kappa shape index (κ2) is 5.30. The van der Waals surface area contributed by atoms with Crippen LogP contribution >= 0.6 is 39.1 Å². The van der Waals surface area contributed by atoms with Gasteiger partial charge in [-0.25, -0.2) is 0 Å². The Bertz CT molecular complexity index is 555. The molecule has 0 atom stereocenters. The Kier molecular flexibility index (Phi) is 3.97. The summed E-state index contributed by atoms with van der Waals surface area (Å²) < 4.78 is 6.16. The molecule has 0 aromatic heterocycles. The van der Waals surface area contributed by atoms with Crippen LogP contribution in [0.15, 0.2) is 40.9 Å². The first-order valence-electron chi connectivity index (χ1n) is 4.91. The van der Waals surface area contributed by atoms with Crippen LogP contribution in [0.5, 0.6) is 5.75 Å². The van der Waals surface area contributed by atoms with Gasteiger partial charge in [-0.05, 0) is 40.2 Å². The minimum atomic E-state index is 0.657. The maximum absolute atomic E-state index is 6.08. The lowest BCUT2D eigenvalue weighted by Gasteiger charge is -2.11. The number of hydrogen-bond donors (Lipinski definition) is 0. The van der Waals surface area contributed by atoms with Crippen LogP contribution in [0.3, 0.4) is 0 Å². The number of halogens is 3. The van der Waals surface area contributed by atoms with Crippen molar-refractivity contribution in [3.8, 4) is 16.9 Å². The van der Waals surface area contributed by atoms with Gasteiger partial charge in [0.05, 0.1) is 12.1 Å². The van der Waals surface area contributed by atoms with Crippen molar-refractivity contribution < 1.29 is 4.74 Å². The summed E-state index contributed by atoms with van der Waals surface area (Å²) in [5, 5.41) is 1.32. The van der Waals surface area contributed by atoms with E-state index in [9.17, 15) is 0 Å². The smallest absolute Gasteiger partial charge is 0.126 e. The van der Waals surface area contributed by atoms with Crippen LogP contribution in [0.2, 0.25) is 10.0 Å². The molecule has 0 radical (unpaired) electrons. The summed E-state index contributed by atoms with van der Waals surface area (Å²) >= 11 is 15.6. The Morgan fingerprint density at radius 1 is 1.06 bits per heavy atom. The van der Waals surface area contributed by atoms with Gasteiger partial charge in [0.2, 0.25) is 0 Å². The lowest BCUT2D eigenvalue weighted by atomic mass is 10.0. The minimum Gasteiger partial charge on any atom is -0.496 e. The van der Waals surface area contributed by atoms with E-state index in [1.165, 1.54) is 0 Å². The summed E-state index contributed by atoms with van der Waals surface area (Å²) in [4.78, 5) is 0. The fourth-order valence-corrected chi connectivity index (χ4v) is 2.43. The van der Waals surface area contributed by atoms with Crippen molar-refractivity contribution >= 4 is 39.1 Å². The monoisotopic (exact) mass is 330 g/mol. The lowest BCUT2D eigenvalue weighted by molar-refractivity contribution is 0.416. The molecule has 0 spiro atoms. The van der Waals surface area contributed by atoms with Crippen molar-refractivity contribution in [1.82, 2.24) is 0 Å². The average Bonchev–Trinajstić information content (AvgIpc) is 2.33. The van der Waals surface area contributed by atoms with E-state index in [-0.39, 0.29) is 0 Å². The molecule has 0 aliphatic carbocycles. The second-order valence-electron chi connectivity index (χ2n) is 3.45. The molecule has 0 unspecified atom stereocenters. The van der Waals surface area contributed by atoms with Gasteiger partial charge in [0.1, 0.15) is 5.75 Å². The van der Waals surface area contributed by atoms with Crippen LogP contribution < -0.4 is 4.74 Å². The quantitative estimate of drug-likeness (QED) is 0.712. The van der Waals surface area contributed by atoms with Gasteiger partial charge in [0.25, 0.3) is 0 Å². The highest BCUT2D eigenvalue weighted by Gasteiger charge is 2.11. The molecule has 1 nitrogen and oxygen atoms in total. The van der Waals surface area contributed by atoms with Gasteiger partial charge in [-0.2, -0.15) is 0 Å². The molecule has 0 N–H and O–H groups in total. The predicted molar refractivity (Wildman–Crippen MR) is 76.2 cm³/mol. The SMILES string of the molecule is COc1ccc(Cl)cc1-c1cccc(Cl)c1Br. The maximum atomic E-state index is 6.08. The molecule has 88 valence electrons. The third-order valence-electron chi connectivity index (χ3n) is 2.40. The predicted octanol–water partition coefficient (Wildman–Crippen LogP) is 5.43.